The predicted octanol–water partition coefficient (Wildman–Crippen LogP) is 2.95. The fraction of sp³-hybridized carbons (Fsp3) is 0.364. The highest BCUT2D eigenvalue weighted by Gasteiger charge is 1.97. The van der Waals surface area contributed by atoms with Crippen LogP contribution in [0.25, 0.3) is 6.08 Å². The van der Waals surface area contributed by atoms with Crippen LogP contribution >= 0.6 is 0 Å². The van der Waals surface area contributed by atoms with E-state index < -0.39 is 0 Å². The van der Waals surface area contributed by atoms with E-state index in [9.17, 15) is 0 Å². The summed E-state index contributed by atoms with van der Waals surface area (Å²) in [7, 11) is 1.93. The molecule has 0 amide bonds. The van der Waals surface area contributed by atoms with E-state index in [2.05, 4.69) is 11.7 Å². The number of aryl methyl sites for hydroxylation is 2. The maximum atomic E-state index is 4.10. The highest BCUT2D eigenvalue weighted by atomic mass is 15.3. The Morgan fingerprint density at radius 1 is 1.46 bits per heavy atom. The van der Waals surface area contributed by atoms with Crippen LogP contribution in [0.5, 0.6) is 0 Å². The summed E-state index contributed by atoms with van der Waals surface area (Å²) in [5.74, 6) is 0. The standard InChI is InChI=1S/C9H12N2.C2H6/c1-4-5-6-9-8(2)7-10-11(9)3;1-2/h4-7H,1H2,2-3H3;1-2H3/b6-5-;. The summed E-state index contributed by atoms with van der Waals surface area (Å²) < 4.78 is 1.84. The van der Waals surface area contributed by atoms with Crippen LogP contribution in [0.15, 0.2) is 24.9 Å². The molecule has 1 rings (SSSR count). The van der Waals surface area contributed by atoms with Crippen LogP contribution in [0.2, 0.25) is 0 Å². The summed E-state index contributed by atoms with van der Waals surface area (Å²) in [4.78, 5) is 0. The van der Waals surface area contributed by atoms with E-state index in [-0.39, 0.29) is 0 Å². The van der Waals surface area contributed by atoms with E-state index in [1.54, 1.807) is 6.08 Å². The van der Waals surface area contributed by atoms with Gasteiger partial charge in [-0.2, -0.15) is 5.10 Å². The van der Waals surface area contributed by atoms with Crippen LogP contribution in [-0.4, -0.2) is 9.78 Å². The van der Waals surface area contributed by atoms with Gasteiger partial charge in [-0.25, -0.2) is 0 Å². The van der Waals surface area contributed by atoms with Gasteiger partial charge in [-0.05, 0) is 18.6 Å². The van der Waals surface area contributed by atoms with Crippen LogP contribution in [0.4, 0.5) is 0 Å². The molecule has 0 spiro atoms. The Labute approximate surface area is 80.6 Å². The van der Waals surface area contributed by atoms with Crippen LogP contribution in [0, 0.1) is 6.92 Å². The van der Waals surface area contributed by atoms with E-state index in [1.165, 1.54) is 5.56 Å². The maximum Gasteiger partial charge on any atom is 0.0635 e. The van der Waals surface area contributed by atoms with Crippen molar-refractivity contribution in [3.8, 4) is 0 Å². The van der Waals surface area contributed by atoms with E-state index in [4.69, 9.17) is 0 Å². The molecule has 2 nitrogen and oxygen atoms in total. The van der Waals surface area contributed by atoms with Crippen molar-refractivity contribution in [3.05, 3.63) is 36.2 Å². The van der Waals surface area contributed by atoms with Gasteiger partial charge in [-0.3, -0.25) is 4.68 Å². The highest BCUT2D eigenvalue weighted by molar-refractivity contribution is 5.50. The van der Waals surface area contributed by atoms with E-state index in [1.807, 2.05) is 50.8 Å². The summed E-state index contributed by atoms with van der Waals surface area (Å²) in [5.41, 5.74) is 2.32. The number of hydrogen-bond acceptors (Lipinski definition) is 1. The molecular weight excluding hydrogens is 160 g/mol. The van der Waals surface area contributed by atoms with Gasteiger partial charge < -0.3 is 0 Å². The first kappa shape index (κ1) is 11.7. The molecule has 0 aromatic carbocycles. The minimum absolute atomic E-state index is 1.13. The van der Waals surface area contributed by atoms with Crippen LogP contribution in [-0.2, 0) is 7.05 Å². The molecule has 0 unspecified atom stereocenters. The number of aromatic nitrogens is 2. The summed E-state index contributed by atoms with van der Waals surface area (Å²) in [5, 5.41) is 4.10. The largest absolute Gasteiger partial charge is 0.268 e. The van der Waals surface area contributed by atoms with Crippen molar-refractivity contribution >= 4 is 6.08 Å². The zero-order valence-corrected chi connectivity index (χ0v) is 8.91. The fourth-order valence-electron chi connectivity index (χ4n) is 0.955. The zero-order valence-electron chi connectivity index (χ0n) is 8.91. The third kappa shape index (κ3) is 3.28. The van der Waals surface area contributed by atoms with Crippen molar-refractivity contribution in [1.29, 1.82) is 0 Å². The zero-order chi connectivity index (χ0) is 10.3. The molecule has 0 saturated heterocycles. The fourth-order valence-corrected chi connectivity index (χ4v) is 0.955. The lowest BCUT2D eigenvalue weighted by atomic mass is 10.2. The van der Waals surface area contributed by atoms with Crippen LogP contribution in [0.3, 0.4) is 0 Å². The Kier molecular flexibility index (Phi) is 5.60. The molecule has 0 aliphatic rings. The first-order valence-electron chi connectivity index (χ1n) is 4.53. The highest BCUT2D eigenvalue weighted by Crippen LogP contribution is 2.06. The predicted molar refractivity (Wildman–Crippen MR) is 58.5 cm³/mol. The van der Waals surface area contributed by atoms with Gasteiger partial charge in [-0.1, -0.05) is 32.6 Å². The Bertz CT molecular complexity index is 263. The van der Waals surface area contributed by atoms with Crippen molar-refractivity contribution in [2.45, 2.75) is 20.8 Å². The van der Waals surface area contributed by atoms with Crippen molar-refractivity contribution in [3.63, 3.8) is 0 Å². The first-order chi connectivity index (χ1) is 6.25. The van der Waals surface area contributed by atoms with Gasteiger partial charge in [0.2, 0.25) is 0 Å². The van der Waals surface area contributed by atoms with Crippen molar-refractivity contribution in [1.82, 2.24) is 9.78 Å². The Morgan fingerprint density at radius 3 is 2.46 bits per heavy atom. The molecule has 1 heterocycles. The summed E-state index contributed by atoms with van der Waals surface area (Å²) in [6.07, 6.45) is 7.51. The maximum absolute atomic E-state index is 4.10. The molecule has 72 valence electrons. The lowest BCUT2D eigenvalue weighted by molar-refractivity contribution is 0.759. The molecule has 13 heavy (non-hydrogen) atoms. The molecule has 0 N–H and O–H groups in total. The minimum Gasteiger partial charge on any atom is -0.268 e. The van der Waals surface area contributed by atoms with E-state index in [0.717, 1.165) is 5.69 Å². The summed E-state index contributed by atoms with van der Waals surface area (Å²) >= 11 is 0. The minimum atomic E-state index is 1.13. The number of allylic oxidation sites excluding steroid dienone is 2. The normalized spacial score (nSPS) is 9.54. The number of nitrogens with zero attached hydrogens (tertiary/aromatic N) is 2. The summed E-state index contributed by atoms with van der Waals surface area (Å²) in [6.45, 7) is 9.64. The molecule has 0 aliphatic heterocycles. The quantitative estimate of drug-likeness (QED) is 0.637. The van der Waals surface area contributed by atoms with Crippen molar-refractivity contribution in [2.24, 2.45) is 7.05 Å². The van der Waals surface area contributed by atoms with E-state index >= 15 is 0 Å². The van der Waals surface area contributed by atoms with Gasteiger partial charge in [0.05, 0.1) is 11.9 Å². The second-order valence-corrected chi connectivity index (χ2v) is 2.43. The third-order valence-electron chi connectivity index (χ3n) is 1.57. The smallest absolute Gasteiger partial charge is 0.0635 e. The lowest BCUT2D eigenvalue weighted by Gasteiger charge is -1.94. The molecule has 0 bridgehead atoms. The van der Waals surface area contributed by atoms with Gasteiger partial charge in [-0.15, -0.1) is 0 Å². The number of rotatable bonds is 2. The van der Waals surface area contributed by atoms with E-state index in [0.29, 0.717) is 0 Å². The second kappa shape index (κ2) is 6.23. The monoisotopic (exact) mass is 178 g/mol. The molecule has 0 saturated carbocycles. The van der Waals surface area contributed by atoms with Gasteiger partial charge in [0, 0.05) is 7.05 Å². The SMILES string of the molecule is C=C/C=C\c1c(C)cnn1C.CC. The average molecular weight is 178 g/mol. The molecule has 0 fully saturated rings. The van der Waals surface area contributed by atoms with Gasteiger partial charge in [0.25, 0.3) is 0 Å². The molecule has 2 heteroatoms. The van der Waals surface area contributed by atoms with Gasteiger partial charge in [0.1, 0.15) is 0 Å². The Balaban J connectivity index is 0.000000671. The van der Waals surface area contributed by atoms with Gasteiger partial charge >= 0.3 is 0 Å². The molecule has 0 atom stereocenters. The van der Waals surface area contributed by atoms with Crippen LogP contribution in [0.1, 0.15) is 25.1 Å². The first-order valence-corrected chi connectivity index (χ1v) is 4.53. The third-order valence-corrected chi connectivity index (χ3v) is 1.57. The molecule has 1 aromatic heterocycles. The van der Waals surface area contributed by atoms with Crippen LogP contribution < -0.4 is 0 Å². The molecular formula is C11H18N2. The summed E-state index contributed by atoms with van der Waals surface area (Å²) in [6, 6.07) is 0. The van der Waals surface area contributed by atoms with Gasteiger partial charge in [0.15, 0.2) is 0 Å². The van der Waals surface area contributed by atoms with Crippen molar-refractivity contribution < 1.29 is 0 Å². The number of hydrogen-bond donors (Lipinski definition) is 0. The molecule has 0 aliphatic carbocycles. The Hall–Kier alpha value is -1.31. The topological polar surface area (TPSA) is 17.8 Å². The molecule has 0 radical (unpaired) electrons. The average Bonchev–Trinajstić information content (AvgIpc) is 2.47. The Morgan fingerprint density at radius 2 is 2.08 bits per heavy atom. The second-order valence-electron chi connectivity index (χ2n) is 2.43. The van der Waals surface area contributed by atoms with Crippen molar-refractivity contribution in [2.75, 3.05) is 0 Å². The molecule has 1 aromatic rings. The lowest BCUT2D eigenvalue weighted by Crippen LogP contribution is -1.92.